The van der Waals surface area contributed by atoms with E-state index in [-0.39, 0.29) is 0 Å². The van der Waals surface area contributed by atoms with Crippen molar-refractivity contribution in [2.24, 2.45) is 0 Å². The van der Waals surface area contributed by atoms with Gasteiger partial charge in [-0.3, -0.25) is 4.40 Å². The van der Waals surface area contributed by atoms with E-state index in [2.05, 4.69) is 20.3 Å². The van der Waals surface area contributed by atoms with E-state index >= 15 is 0 Å². The van der Waals surface area contributed by atoms with Gasteiger partial charge < -0.3 is 10.1 Å². The van der Waals surface area contributed by atoms with Crippen LogP contribution in [0, 0.1) is 0 Å². The second-order valence-corrected chi connectivity index (χ2v) is 5.54. The Morgan fingerprint density at radius 2 is 2.04 bits per heavy atom. The third-order valence-corrected chi connectivity index (χ3v) is 3.87. The van der Waals surface area contributed by atoms with Crippen molar-refractivity contribution < 1.29 is 9.53 Å². The number of anilines is 2. The van der Waals surface area contributed by atoms with Gasteiger partial charge in [-0.2, -0.15) is 0 Å². The molecule has 1 N–H and O–H groups in total. The summed E-state index contributed by atoms with van der Waals surface area (Å²) in [5, 5.41) is 3.11. The minimum Gasteiger partial charge on any atom is -0.465 e. The van der Waals surface area contributed by atoms with Crippen LogP contribution in [0.25, 0.3) is 17.0 Å². The first-order valence-electron chi connectivity index (χ1n) is 7.95. The summed E-state index contributed by atoms with van der Waals surface area (Å²) in [6, 6.07) is 14.6. The highest BCUT2D eigenvalue weighted by Gasteiger charge is 2.09. The maximum absolute atomic E-state index is 11.7. The summed E-state index contributed by atoms with van der Waals surface area (Å²) in [6.07, 6.45) is 5.39. The normalized spacial score (nSPS) is 10.7. The van der Waals surface area contributed by atoms with Crippen molar-refractivity contribution in [3.05, 3.63) is 72.7 Å². The van der Waals surface area contributed by atoms with Crippen LogP contribution in [0.1, 0.15) is 10.4 Å². The predicted molar refractivity (Wildman–Crippen MR) is 97.3 cm³/mol. The van der Waals surface area contributed by atoms with Crippen LogP contribution >= 0.6 is 0 Å². The molecular weight excluding hydrogens is 330 g/mol. The molecule has 0 aliphatic carbocycles. The number of carbonyl (C=O) groups is 1. The lowest BCUT2D eigenvalue weighted by atomic mass is 10.2. The third-order valence-electron chi connectivity index (χ3n) is 3.87. The number of fused-ring (bicyclic) bond motifs is 1. The summed E-state index contributed by atoms with van der Waals surface area (Å²) in [5.41, 5.74) is 3.61. The lowest BCUT2D eigenvalue weighted by Crippen LogP contribution is -2.03. The van der Waals surface area contributed by atoms with Crippen LogP contribution < -0.4 is 5.32 Å². The number of nitrogens with zero attached hydrogens (tertiary/aromatic N) is 4. The van der Waals surface area contributed by atoms with Gasteiger partial charge in [-0.1, -0.05) is 12.1 Å². The molecule has 0 radical (unpaired) electrons. The van der Waals surface area contributed by atoms with Crippen molar-refractivity contribution in [1.82, 2.24) is 19.4 Å². The van der Waals surface area contributed by atoms with Crippen molar-refractivity contribution in [2.75, 3.05) is 12.4 Å². The molecule has 0 fully saturated rings. The zero-order chi connectivity index (χ0) is 17.9. The number of pyridine rings is 1. The van der Waals surface area contributed by atoms with Crippen LogP contribution in [0.4, 0.5) is 11.6 Å². The van der Waals surface area contributed by atoms with E-state index in [1.807, 2.05) is 40.9 Å². The second kappa shape index (κ2) is 6.64. The molecule has 0 saturated carbocycles. The summed E-state index contributed by atoms with van der Waals surface area (Å²) in [4.78, 5) is 24.8. The maximum Gasteiger partial charge on any atom is 0.337 e. The number of hydrogen-bond donors (Lipinski definition) is 1. The summed E-state index contributed by atoms with van der Waals surface area (Å²) >= 11 is 0. The van der Waals surface area contributed by atoms with Gasteiger partial charge in [-0.25, -0.2) is 19.7 Å². The average molecular weight is 345 g/mol. The fourth-order valence-electron chi connectivity index (χ4n) is 2.65. The average Bonchev–Trinajstić information content (AvgIpc) is 3.12. The molecule has 0 amide bonds. The number of ether oxygens (including phenoxy) is 1. The Kier molecular flexibility index (Phi) is 4.03. The molecule has 1 aromatic carbocycles. The molecule has 128 valence electrons. The first-order chi connectivity index (χ1) is 12.7. The number of aromatic nitrogens is 4. The van der Waals surface area contributed by atoms with Gasteiger partial charge in [-0.05, 0) is 36.4 Å². The highest BCUT2D eigenvalue weighted by molar-refractivity contribution is 5.90. The summed E-state index contributed by atoms with van der Waals surface area (Å²) in [5.74, 6) is 0.0319. The van der Waals surface area contributed by atoms with Gasteiger partial charge in [-0.15, -0.1) is 0 Å². The second-order valence-electron chi connectivity index (χ2n) is 5.54. The van der Waals surface area contributed by atoms with Crippen molar-refractivity contribution in [2.45, 2.75) is 0 Å². The number of carbonyl (C=O) groups excluding carboxylic acids is 1. The molecule has 0 atom stereocenters. The predicted octanol–water partition coefficient (Wildman–Crippen LogP) is 3.32. The van der Waals surface area contributed by atoms with Crippen molar-refractivity contribution in [1.29, 1.82) is 0 Å². The molecule has 7 nitrogen and oxygen atoms in total. The van der Waals surface area contributed by atoms with E-state index in [4.69, 9.17) is 4.74 Å². The highest BCUT2D eigenvalue weighted by atomic mass is 16.5. The SMILES string of the molecule is COC(=O)c1cccc(Nc2nccc(-c3cnc4ccccn34)n2)c1. The molecule has 3 heterocycles. The first-order valence-corrected chi connectivity index (χ1v) is 7.95. The summed E-state index contributed by atoms with van der Waals surface area (Å²) < 4.78 is 6.71. The number of nitrogens with one attached hydrogen (secondary N) is 1. The summed E-state index contributed by atoms with van der Waals surface area (Å²) in [6.45, 7) is 0. The van der Waals surface area contributed by atoms with Crippen LogP contribution in [0.2, 0.25) is 0 Å². The monoisotopic (exact) mass is 345 g/mol. The van der Waals surface area contributed by atoms with Crippen LogP contribution in [0.5, 0.6) is 0 Å². The molecule has 0 spiro atoms. The molecule has 4 aromatic rings. The quantitative estimate of drug-likeness (QED) is 0.572. The minimum atomic E-state index is -0.394. The zero-order valence-electron chi connectivity index (χ0n) is 14.0. The number of rotatable bonds is 4. The Hall–Kier alpha value is -3.74. The molecule has 0 unspecified atom stereocenters. The van der Waals surface area contributed by atoms with Crippen LogP contribution in [0.3, 0.4) is 0 Å². The van der Waals surface area contributed by atoms with E-state index in [1.165, 1.54) is 7.11 Å². The van der Waals surface area contributed by atoms with Gasteiger partial charge in [0.05, 0.1) is 30.3 Å². The molecule has 0 aliphatic heterocycles. The molecular formula is C19H15N5O2. The zero-order valence-corrected chi connectivity index (χ0v) is 14.0. The highest BCUT2D eigenvalue weighted by Crippen LogP contribution is 2.21. The fourth-order valence-corrected chi connectivity index (χ4v) is 2.65. The Morgan fingerprint density at radius 1 is 1.12 bits per heavy atom. The van der Waals surface area contributed by atoms with Crippen molar-refractivity contribution >= 4 is 23.3 Å². The van der Waals surface area contributed by atoms with Crippen LogP contribution in [-0.2, 0) is 4.74 Å². The van der Waals surface area contributed by atoms with E-state index in [0.717, 1.165) is 17.0 Å². The van der Waals surface area contributed by atoms with Crippen molar-refractivity contribution in [3.63, 3.8) is 0 Å². The Bertz CT molecular complexity index is 1090. The first kappa shape index (κ1) is 15.8. The van der Waals surface area contributed by atoms with Gasteiger partial charge >= 0.3 is 5.97 Å². The van der Waals surface area contributed by atoms with E-state index in [1.54, 1.807) is 30.6 Å². The van der Waals surface area contributed by atoms with Gasteiger partial charge in [0.15, 0.2) is 0 Å². The van der Waals surface area contributed by atoms with Crippen molar-refractivity contribution in [3.8, 4) is 11.4 Å². The Labute approximate surface area is 149 Å². The molecule has 0 aliphatic rings. The van der Waals surface area contributed by atoms with Crippen LogP contribution in [-0.4, -0.2) is 32.4 Å². The molecule has 0 saturated heterocycles. The largest absolute Gasteiger partial charge is 0.465 e. The lowest BCUT2D eigenvalue weighted by molar-refractivity contribution is 0.0601. The number of esters is 1. The standard InChI is InChI=1S/C19H15N5O2/c1-26-18(25)13-5-4-6-14(11-13)22-19-20-9-8-15(23-19)16-12-21-17-7-2-3-10-24(16)17/h2-12H,1H3,(H,20,22,23). The van der Waals surface area contributed by atoms with E-state index in [9.17, 15) is 4.79 Å². The molecule has 7 heteroatoms. The topological polar surface area (TPSA) is 81.4 Å². The number of benzene rings is 1. The number of hydrogen-bond acceptors (Lipinski definition) is 6. The molecule has 26 heavy (non-hydrogen) atoms. The van der Waals surface area contributed by atoms with Crippen LogP contribution in [0.15, 0.2) is 67.1 Å². The molecule has 4 rings (SSSR count). The lowest BCUT2D eigenvalue weighted by Gasteiger charge is -2.08. The molecule has 3 aromatic heterocycles. The Balaban J connectivity index is 1.65. The number of imidazole rings is 1. The summed E-state index contributed by atoms with van der Waals surface area (Å²) in [7, 11) is 1.35. The maximum atomic E-state index is 11.7. The third kappa shape index (κ3) is 2.98. The minimum absolute atomic E-state index is 0.394. The molecule has 0 bridgehead atoms. The fraction of sp³-hybridized carbons (Fsp3) is 0.0526. The van der Waals surface area contributed by atoms with Gasteiger partial charge in [0, 0.05) is 18.1 Å². The number of methoxy groups -OCH3 is 1. The smallest absolute Gasteiger partial charge is 0.337 e. The van der Waals surface area contributed by atoms with E-state index in [0.29, 0.717) is 17.2 Å². The van der Waals surface area contributed by atoms with Gasteiger partial charge in [0.1, 0.15) is 5.65 Å². The van der Waals surface area contributed by atoms with Gasteiger partial charge in [0.25, 0.3) is 0 Å². The Morgan fingerprint density at radius 3 is 2.92 bits per heavy atom. The van der Waals surface area contributed by atoms with E-state index < -0.39 is 5.97 Å². The van der Waals surface area contributed by atoms with Gasteiger partial charge in [0.2, 0.25) is 5.95 Å².